The number of sulfonamides is 1. The lowest BCUT2D eigenvalue weighted by atomic mass is 10.3. The number of aromatic nitrogens is 1. The van der Waals surface area contributed by atoms with Crippen molar-refractivity contribution in [3.05, 3.63) is 41.6 Å². The van der Waals surface area contributed by atoms with Gasteiger partial charge in [-0.05, 0) is 25.1 Å². The molecule has 2 aromatic rings. The first-order valence-electron chi connectivity index (χ1n) is 6.81. The molecule has 0 bridgehead atoms. The molecule has 0 aliphatic heterocycles. The molecule has 0 aliphatic carbocycles. The molecule has 0 spiro atoms. The minimum Gasteiger partial charge on any atom is -0.495 e. The third-order valence-corrected chi connectivity index (χ3v) is 5.28. The lowest BCUT2D eigenvalue weighted by molar-refractivity contribution is 0.385. The summed E-state index contributed by atoms with van der Waals surface area (Å²) in [6.07, 6.45) is 1.33. The Balaban J connectivity index is 2.63. The molecule has 1 aromatic carbocycles. The minimum absolute atomic E-state index is 0.0113. The minimum atomic E-state index is -3.92. The van der Waals surface area contributed by atoms with Gasteiger partial charge >= 0.3 is 0 Å². The second-order valence-electron chi connectivity index (χ2n) is 4.50. The summed E-state index contributed by atoms with van der Waals surface area (Å²) in [5, 5.41) is 0.209. The van der Waals surface area contributed by atoms with Crippen LogP contribution in [-0.2, 0) is 10.0 Å². The van der Waals surface area contributed by atoms with E-state index in [4.69, 9.17) is 21.1 Å². The molecule has 0 aliphatic rings. The van der Waals surface area contributed by atoms with Crippen LogP contribution in [0, 0.1) is 0 Å². The van der Waals surface area contributed by atoms with E-state index in [0.717, 1.165) is 0 Å². The number of hydrogen-bond donors (Lipinski definition) is 0. The van der Waals surface area contributed by atoms with E-state index in [-0.39, 0.29) is 22.3 Å². The predicted octanol–water partition coefficient (Wildman–Crippen LogP) is 2.97. The Bertz CT molecular complexity index is 796. The average molecular weight is 357 g/mol. The van der Waals surface area contributed by atoms with Gasteiger partial charge in [0.15, 0.2) is 4.90 Å². The van der Waals surface area contributed by atoms with Crippen molar-refractivity contribution >= 4 is 27.3 Å². The highest BCUT2D eigenvalue weighted by Gasteiger charge is 2.30. The standard InChI is InChI=1S/C15H17ClN2O4S/c1-4-18(12-7-5-6-8-13(12)21-2)23(19,20)14-9-11(16)10-17-15(14)22-3/h5-10H,4H2,1-3H3. The van der Waals surface area contributed by atoms with Crippen LogP contribution in [-0.4, -0.2) is 34.2 Å². The number of anilines is 1. The van der Waals surface area contributed by atoms with E-state index in [1.165, 1.54) is 30.8 Å². The summed E-state index contributed by atoms with van der Waals surface area (Å²) in [5.74, 6) is 0.439. The number of pyridine rings is 1. The summed E-state index contributed by atoms with van der Waals surface area (Å²) >= 11 is 5.91. The lowest BCUT2D eigenvalue weighted by Crippen LogP contribution is -2.31. The van der Waals surface area contributed by atoms with Gasteiger partial charge in [0.2, 0.25) is 5.88 Å². The van der Waals surface area contributed by atoms with Gasteiger partial charge < -0.3 is 9.47 Å². The topological polar surface area (TPSA) is 68.7 Å². The molecule has 0 N–H and O–H groups in total. The molecule has 0 saturated carbocycles. The van der Waals surface area contributed by atoms with Gasteiger partial charge in [-0.1, -0.05) is 23.7 Å². The Morgan fingerprint density at radius 3 is 2.52 bits per heavy atom. The first kappa shape index (κ1) is 17.4. The van der Waals surface area contributed by atoms with Crippen molar-refractivity contribution in [2.45, 2.75) is 11.8 Å². The van der Waals surface area contributed by atoms with Crippen LogP contribution in [0.5, 0.6) is 11.6 Å². The smallest absolute Gasteiger partial charge is 0.269 e. The molecule has 23 heavy (non-hydrogen) atoms. The molecular weight excluding hydrogens is 340 g/mol. The number of halogens is 1. The number of benzene rings is 1. The molecule has 0 fully saturated rings. The summed E-state index contributed by atoms with van der Waals surface area (Å²) in [5.41, 5.74) is 0.430. The van der Waals surface area contributed by atoms with Gasteiger partial charge in [0, 0.05) is 12.7 Å². The highest BCUT2D eigenvalue weighted by molar-refractivity contribution is 7.93. The van der Waals surface area contributed by atoms with Gasteiger partial charge in [-0.2, -0.15) is 0 Å². The third-order valence-electron chi connectivity index (χ3n) is 3.19. The zero-order valence-corrected chi connectivity index (χ0v) is 14.6. The van der Waals surface area contributed by atoms with Crippen molar-refractivity contribution in [2.75, 3.05) is 25.1 Å². The highest BCUT2D eigenvalue weighted by Crippen LogP contribution is 2.34. The van der Waals surface area contributed by atoms with Crippen LogP contribution < -0.4 is 13.8 Å². The Morgan fingerprint density at radius 1 is 1.22 bits per heavy atom. The fourth-order valence-electron chi connectivity index (χ4n) is 2.17. The van der Waals surface area contributed by atoms with Gasteiger partial charge in [0.05, 0.1) is 24.9 Å². The fourth-order valence-corrected chi connectivity index (χ4v) is 4.01. The summed E-state index contributed by atoms with van der Waals surface area (Å²) in [4.78, 5) is 3.83. The quantitative estimate of drug-likeness (QED) is 0.795. The molecule has 6 nitrogen and oxygen atoms in total. The largest absolute Gasteiger partial charge is 0.495 e. The zero-order valence-electron chi connectivity index (χ0n) is 13.0. The molecule has 0 saturated heterocycles. The molecule has 124 valence electrons. The molecule has 2 rings (SSSR count). The molecule has 0 unspecified atom stereocenters. The number of methoxy groups -OCH3 is 2. The van der Waals surface area contributed by atoms with Crippen molar-refractivity contribution in [3.8, 4) is 11.6 Å². The normalized spacial score (nSPS) is 11.1. The van der Waals surface area contributed by atoms with E-state index in [0.29, 0.717) is 11.4 Å². The van der Waals surface area contributed by atoms with Crippen LogP contribution in [0.3, 0.4) is 0 Å². The maximum atomic E-state index is 13.1. The van der Waals surface area contributed by atoms with Crippen molar-refractivity contribution in [2.24, 2.45) is 0 Å². The van der Waals surface area contributed by atoms with Gasteiger partial charge in [0.25, 0.3) is 10.0 Å². The Hall–Kier alpha value is -1.99. The van der Waals surface area contributed by atoms with Crippen LogP contribution in [0.2, 0.25) is 5.02 Å². The van der Waals surface area contributed by atoms with E-state index < -0.39 is 10.0 Å². The summed E-state index contributed by atoms with van der Waals surface area (Å²) < 4.78 is 37.7. The van der Waals surface area contributed by atoms with E-state index in [1.807, 2.05) is 0 Å². The van der Waals surface area contributed by atoms with Crippen molar-refractivity contribution in [1.29, 1.82) is 0 Å². The summed E-state index contributed by atoms with van der Waals surface area (Å²) in [6.45, 7) is 1.94. The fraction of sp³-hybridized carbons (Fsp3) is 0.267. The Kier molecular flexibility index (Phi) is 5.33. The van der Waals surface area contributed by atoms with Crippen LogP contribution in [0.1, 0.15) is 6.92 Å². The van der Waals surface area contributed by atoms with E-state index in [1.54, 1.807) is 31.2 Å². The second-order valence-corrected chi connectivity index (χ2v) is 6.77. The van der Waals surface area contributed by atoms with Crippen LogP contribution in [0.25, 0.3) is 0 Å². The zero-order chi connectivity index (χ0) is 17.0. The van der Waals surface area contributed by atoms with Crippen molar-refractivity contribution < 1.29 is 17.9 Å². The second kappa shape index (κ2) is 7.06. The van der Waals surface area contributed by atoms with Crippen LogP contribution in [0.15, 0.2) is 41.4 Å². The van der Waals surface area contributed by atoms with E-state index in [9.17, 15) is 8.42 Å². The SMILES string of the molecule is CCN(c1ccccc1OC)S(=O)(=O)c1cc(Cl)cnc1OC. The number of para-hydroxylation sites is 2. The van der Waals surface area contributed by atoms with Crippen molar-refractivity contribution in [3.63, 3.8) is 0 Å². The number of rotatable bonds is 6. The van der Waals surface area contributed by atoms with Crippen LogP contribution in [0.4, 0.5) is 5.69 Å². The maximum absolute atomic E-state index is 13.1. The molecule has 0 atom stereocenters. The van der Waals surface area contributed by atoms with Gasteiger partial charge in [-0.3, -0.25) is 4.31 Å². The molecule has 0 radical (unpaired) electrons. The molecule has 1 aromatic heterocycles. The average Bonchev–Trinajstić information content (AvgIpc) is 2.55. The van der Waals surface area contributed by atoms with Gasteiger partial charge in [-0.25, -0.2) is 13.4 Å². The van der Waals surface area contributed by atoms with Crippen molar-refractivity contribution in [1.82, 2.24) is 4.98 Å². The van der Waals surface area contributed by atoms with Gasteiger partial charge in [0.1, 0.15) is 5.75 Å². The predicted molar refractivity (Wildman–Crippen MR) is 89.0 cm³/mol. The summed E-state index contributed by atoms with van der Waals surface area (Å²) in [7, 11) is -1.08. The molecule has 1 heterocycles. The molecule has 0 amide bonds. The summed E-state index contributed by atoms with van der Waals surface area (Å²) in [6, 6.07) is 8.19. The monoisotopic (exact) mass is 356 g/mol. The van der Waals surface area contributed by atoms with Gasteiger partial charge in [-0.15, -0.1) is 0 Å². The third kappa shape index (κ3) is 3.35. The Morgan fingerprint density at radius 2 is 1.91 bits per heavy atom. The molecular formula is C15H17ClN2O4S. The van der Waals surface area contributed by atoms with Crippen LogP contribution >= 0.6 is 11.6 Å². The Labute approximate surface area is 140 Å². The van der Waals surface area contributed by atoms with E-state index >= 15 is 0 Å². The molecule has 8 heteroatoms. The maximum Gasteiger partial charge on any atom is 0.269 e. The first-order valence-corrected chi connectivity index (χ1v) is 8.62. The number of nitrogens with zero attached hydrogens (tertiary/aromatic N) is 2. The van der Waals surface area contributed by atoms with E-state index in [2.05, 4.69) is 4.98 Å². The number of hydrogen-bond acceptors (Lipinski definition) is 5. The first-order chi connectivity index (χ1) is 11.0. The number of ether oxygens (including phenoxy) is 2. The highest BCUT2D eigenvalue weighted by atomic mass is 35.5. The lowest BCUT2D eigenvalue weighted by Gasteiger charge is -2.25.